The molecule has 1 aliphatic heterocycles. The second-order valence-corrected chi connectivity index (χ2v) is 4.09. The molecule has 0 aromatic heterocycles. The largest absolute Gasteiger partial charge is 0.312 e. The summed E-state index contributed by atoms with van der Waals surface area (Å²) in [6.07, 6.45) is 0.814. The molecule has 0 fully saturated rings. The maximum absolute atomic E-state index is 10.9. The summed E-state index contributed by atoms with van der Waals surface area (Å²) in [4.78, 5) is 0.494. The van der Waals surface area contributed by atoms with Crippen molar-refractivity contribution in [2.75, 3.05) is 6.54 Å². The Morgan fingerprint density at radius 1 is 1.31 bits per heavy atom. The van der Waals surface area contributed by atoms with Gasteiger partial charge >= 0.3 is 0 Å². The van der Waals surface area contributed by atoms with E-state index < -0.39 is 10.7 Å². The summed E-state index contributed by atoms with van der Waals surface area (Å²) in [7, 11) is -2.44. The van der Waals surface area contributed by atoms with Crippen LogP contribution in [-0.4, -0.2) is 15.0 Å². The highest BCUT2D eigenvalue weighted by Crippen LogP contribution is 2.19. The minimum absolute atomic E-state index is 0.494. The van der Waals surface area contributed by atoms with Crippen LogP contribution in [0.25, 0.3) is 0 Å². The quantitative estimate of drug-likeness (QED) is 0.637. The van der Waals surface area contributed by atoms with E-state index in [0.717, 1.165) is 30.6 Å². The van der Waals surface area contributed by atoms with E-state index in [1.165, 1.54) is 0 Å². The van der Waals surface area contributed by atoms with Gasteiger partial charge < -0.3 is 5.32 Å². The van der Waals surface area contributed by atoms with Crippen molar-refractivity contribution < 1.29 is 8.42 Å². The molecule has 70 valence electrons. The number of hydrogen-bond acceptors (Lipinski definition) is 3. The van der Waals surface area contributed by atoms with Gasteiger partial charge in [-0.05, 0) is 30.2 Å². The number of nitrogens with one attached hydrogen (secondary N) is 1. The van der Waals surface area contributed by atoms with E-state index >= 15 is 0 Å². The summed E-state index contributed by atoms with van der Waals surface area (Å²) >= 11 is 0. The minimum Gasteiger partial charge on any atom is -0.312 e. The lowest BCUT2D eigenvalue weighted by Gasteiger charge is -2.17. The van der Waals surface area contributed by atoms with Gasteiger partial charge in [-0.1, -0.05) is 12.1 Å². The Bertz CT molecular complexity index is 391. The first-order valence-corrected chi connectivity index (χ1v) is 5.42. The van der Waals surface area contributed by atoms with Gasteiger partial charge in [0.05, 0.1) is 4.90 Å². The molecule has 0 spiro atoms. The Morgan fingerprint density at radius 2 is 2.15 bits per heavy atom. The molecule has 1 heterocycles. The lowest BCUT2D eigenvalue weighted by atomic mass is 10.0. The molecule has 1 aromatic rings. The van der Waals surface area contributed by atoms with Crippen LogP contribution in [0.5, 0.6) is 0 Å². The SMILES string of the molecule is O=[SH](=O)c1cccc2c1CCNC2. The molecule has 3 nitrogen and oxygen atoms in total. The summed E-state index contributed by atoms with van der Waals surface area (Å²) < 4.78 is 21.8. The van der Waals surface area contributed by atoms with Gasteiger partial charge in [-0.15, -0.1) is 0 Å². The second-order valence-electron chi connectivity index (χ2n) is 3.10. The molecule has 2 rings (SSSR count). The van der Waals surface area contributed by atoms with E-state index in [1.807, 2.05) is 6.07 Å². The van der Waals surface area contributed by atoms with E-state index in [2.05, 4.69) is 5.32 Å². The molecule has 13 heavy (non-hydrogen) atoms. The Morgan fingerprint density at radius 3 is 2.92 bits per heavy atom. The van der Waals surface area contributed by atoms with Crippen LogP contribution in [0.4, 0.5) is 0 Å². The van der Waals surface area contributed by atoms with E-state index in [-0.39, 0.29) is 0 Å². The van der Waals surface area contributed by atoms with E-state index in [0.29, 0.717) is 4.90 Å². The van der Waals surface area contributed by atoms with Crippen molar-refractivity contribution in [1.29, 1.82) is 0 Å². The van der Waals surface area contributed by atoms with Crippen molar-refractivity contribution in [2.24, 2.45) is 0 Å². The molecule has 0 aliphatic carbocycles. The molecule has 1 aromatic carbocycles. The minimum atomic E-state index is -2.44. The van der Waals surface area contributed by atoms with Crippen molar-refractivity contribution in [2.45, 2.75) is 17.9 Å². The topological polar surface area (TPSA) is 46.2 Å². The van der Waals surface area contributed by atoms with Crippen molar-refractivity contribution in [3.05, 3.63) is 29.3 Å². The van der Waals surface area contributed by atoms with Crippen molar-refractivity contribution >= 4 is 10.7 Å². The van der Waals surface area contributed by atoms with Gasteiger partial charge in [0.2, 0.25) is 0 Å². The average Bonchev–Trinajstić information content (AvgIpc) is 2.17. The Hall–Kier alpha value is -0.870. The summed E-state index contributed by atoms with van der Waals surface area (Å²) in [6, 6.07) is 5.45. The van der Waals surface area contributed by atoms with Gasteiger partial charge in [0.1, 0.15) is 0 Å². The molecule has 0 amide bonds. The zero-order chi connectivity index (χ0) is 9.26. The molecule has 4 heteroatoms. The van der Waals surface area contributed by atoms with Crippen LogP contribution < -0.4 is 5.32 Å². The summed E-state index contributed by atoms with van der Waals surface area (Å²) in [5.41, 5.74) is 2.11. The summed E-state index contributed by atoms with van der Waals surface area (Å²) in [5, 5.41) is 3.21. The highest BCUT2D eigenvalue weighted by Gasteiger charge is 2.12. The molecule has 0 atom stereocenters. The van der Waals surface area contributed by atoms with Crippen LogP contribution in [0.15, 0.2) is 23.1 Å². The van der Waals surface area contributed by atoms with Crippen molar-refractivity contribution in [3.63, 3.8) is 0 Å². The lowest BCUT2D eigenvalue weighted by Crippen LogP contribution is -2.24. The standard InChI is InChI=1S/C9H11NO2S/c11-13(12)9-3-1-2-7-6-10-5-4-8(7)9/h1-3,10,13H,4-6H2. The first kappa shape index (κ1) is 8.72. The van der Waals surface area contributed by atoms with Crippen LogP contribution in [0, 0.1) is 0 Å². The van der Waals surface area contributed by atoms with Crippen LogP contribution in [0.2, 0.25) is 0 Å². The zero-order valence-electron chi connectivity index (χ0n) is 7.12. The molecule has 0 saturated carbocycles. The average molecular weight is 197 g/mol. The van der Waals surface area contributed by atoms with Crippen molar-refractivity contribution in [3.8, 4) is 0 Å². The first-order chi connectivity index (χ1) is 6.29. The second kappa shape index (κ2) is 3.47. The monoisotopic (exact) mass is 197 g/mol. The first-order valence-electron chi connectivity index (χ1n) is 4.25. The molecule has 0 saturated heterocycles. The Kier molecular flexibility index (Phi) is 2.33. The molecule has 0 unspecified atom stereocenters. The fourth-order valence-electron chi connectivity index (χ4n) is 1.68. The molecule has 1 N–H and O–H groups in total. The van der Waals surface area contributed by atoms with Gasteiger partial charge in [-0.2, -0.15) is 0 Å². The maximum atomic E-state index is 10.9. The highest BCUT2D eigenvalue weighted by atomic mass is 32.2. The normalized spacial score (nSPS) is 15.8. The van der Waals surface area contributed by atoms with Crippen LogP contribution in [-0.2, 0) is 23.7 Å². The molecule has 0 radical (unpaired) electrons. The van der Waals surface area contributed by atoms with Gasteiger partial charge in [0, 0.05) is 6.54 Å². The predicted octanol–water partition coefficient (Wildman–Crippen LogP) is 0.303. The maximum Gasteiger partial charge on any atom is 0.168 e. The lowest BCUT2D eigenvalue weighted by molar-refractivity contribution is 0.605. The Balaban J connectivity index is 2.58. The number of fused-ring (bicyclic) bond motifs is 1. The molecule has 1 aliphatic rings. The number of rotatable bonds is 1. The van der Waals surface area contributed by atoms with Crippen LogP contribution in [0.1, 0.15) is 11.1 Å². The fourth-order valence-corrected chi connectivity index (χ4v) is 2.37. The summed E-state index contributed by atoms with van der Waals surface area (Å²) in [6.45, 7) is 1.65. The third kappa shape index (κ3) is 1.59. The van der Waals surface area contributed by atoms with Gasteiger partial charge in [-0.25, -0.2) is 8.42 Å². The smallest absolute Gasteiger partial charge is 0.168 e. The molecule has 0 bridgehead atoms. The molecular formula is C9H11NO2S. The number of thiol groups is 1. The fraction of sp³-hybridized carbons (Fsp3) is 0.333. The number of benzene rings is 1. The third-order valence-corrected chi connectivity index (χ3v) is 3.12. The highest BCUT2D eigenvalue weighted by molar-refractivity contribution is 7.72. The molecular weight excluding hydrogens is 186 g/mol. The predicted molar refractivity (Wildman–Crippen MR) is 50.4 cm³/mol. The van der Waals surface area contributed by atoms with E-state index in [1.54, 1.807) is 12.1 Å². The zero-order valence-corrected chi connectivity index (χ0v) is 8.01. The van der Waals surface area contributed by atoms with Crippen LogP contribution in [0.3, 0.4) is 0 Å². The van der Waals surface area contributed by atoms with E-state index in [9.17, 15) is 8.42 Å². The van der Waals surface area contributed by atoms with Crippen molar-refractivity contribution in [1.82, 2.24) is 5.32 Å². The number of hydrogen-bond donors (Lipinski definition) is 2. The third-order valence-electron chi connectivity index (χ3n) is 2.31. The Labute approximate surface area is 78.7 Å². The van der Waals surface area contributed by atoms with Crippen LogP contribution >= 0.6 is 0 Å². The van der Waals surface area contributed by atoms with Gasteiger partial charge in [-0.3, -0.25) is 0 Å². The van der Waals surface area contributed by atoms with Gasteiger partial charge in [0.15, 0.2) is 10.7 Å². The summed E-state index contributed by atoms with van der Waals surface area (Å²) in [5.74, 6) is 0. The van der Waals surface area contributed by atoms with Gasteiger partial charge in [0.25, 0.3) is 0 Å². The van der Waals surface area contributed by atoms with E-state index in [4.69, 9.17) is 0 Å².